The van der Waals surface area contributed by atoms with E-state index in [1.807, 2.05) is 31.2 Å². The van der Waals surface area contributed by atoms with E-state index in [0.717, 1.165) is 42.6 Å². The number of benzene rings is 1. The van der Waals surface area contributed by atoms with E-state index in [9.17, 15) is 4.79 Å². The summed E-state index contributed by atoms with van der Waals surface area (Å²) in [5, 5.41) is 3.39. The third-order valence-corrected chi connectivity index (χ3v) is 4.87. The van der Waals surface area contributed by atoms with Crippen molar-refractivity contribution in [1.29, 1.82) is 0 Å². The summed E-state index contributed by atoms with van der Waals surface area (Å²) in [6.07, 6.45) is 7.84. The molecule has 0 saturated carbocycles. The first-order chi connectivity index (χ1) is 12.2. The molecule has 1 aromatic carbocycles. The second-order valence-corrected chi connectivity index (χ2v) is 6.43. The van der Waals surface area contributed by atoms with Crippen molar-refractivity contribution in [3.05, 3.63) is 65.3 Å². The number of ether oxygens (including phenoxy) is 2. The Hall–Kier alpha value is -2.17. The van der Waals surface area contributed by atoms with Crippen molar-refractivity contribution < 1.29 is 14.3 Å². The highest BCUT2D eigenvalue weighted by Crippen LogP contribution is 2.38. The molecule has 0 amide bonds. The van der Waals surface area contributed by atoms with E-state index in [1.54, 1.807) is 6.08 Å². The van der Waals surface area contributed by atoms with Gasteiger partial charge in [-0.2, -0.15) is 0 Å². The van der Waals surface area contributed by atoms with Crippen LogP contribution in [0.5, 0.6) is 0 Å². The van der Waals surface area contributed by atoms with Crippen LogP contribution in [0.1, 0.15) is 25.3 Å². The zero-order valence-corrected chi connectivity index (χ0v) is 14.9. The number of hydrogen-bond acceptors (Lipinski definition) is 4. The Balaban J connectivity index is 2.03. The minimum atomic E-state index is -0.329. The molecular weight excluding hydrogens is 314 g/mol. The normalized spacial score (nSPS) is 21.9. The summed E-state index contributed by atoms with van der Waals surface area (Å²) in [7, 11) is 1.40. The molecule has 1 saturated heterocycles. The molecule has 0 atom stereocenters. The van der Waals surface area contributed by atoms with Crippen LogP contribution in [0.4, 0.5) is 0 Å². The smallest absolute Gasteiger partial charge is 0.337 e. The van der Waals surface area contributed by atoms with Crippen LogP contribution in [0.2, 0.25) is 0 Å². The summed E-state index contributed by atoms with van der Waals surface area (Å²) in [6, 6.07) is 10.3. The van der Waals surface area contributed by atoms with Gasteiger partial charge in [-0.1, -0.05) is 36.4 Å². The summed E-state index contributed by atoms with van der Waals surface area (Å²) < 4.78 is 11.1. The molecule has 0 aliphatic carbocycles. The van der Waals surface area contributed by atoms with E-state index in [4.69, 9.17) is 9.47 Å². The minimum absolute atomic E-state index is 0.213. The van der Waals surface area contributed by atoms with E-state index in [2.05, 4.69) is 23.5 Å². The van der Waals surface area contributed by atoms with Crippen LogP contribution < -0.4 is 5.32 Å². The molecule has 2 heterocycles. The highest BCUT2D eigenvalue weighted by atomic mass is 16.5. The molecule has 2 aliphatic rings. The zero-order chi connectivity index (χ0) is 17.7. The van der Waals surface area contributed by atoms with Gasteiger partial charge in [0.05, 0.1) is 24.9 Å². The van der Waals surface area contributed by atoms with Gasteiger partial charge >= 0.3 is 5.97 Å². The average molecular weight is 339 g/mol. The standard InChI is InChI=1S/C21H25NO3/c1-3-16(20(23)24-2)13-18-15-25-21(9-11-22-12-10-21)14-19(18)17-7-5-4-6-8-17/h3-8,13-14,22H,9-12,15H2,1-2H3/b16-3+,18-13+. The molecule has 4 nitrogen and oxygen atoms in total. The molecule has 25 heavy (non-hydrogen) atoms. The molecule has 132 valence electrons. The maximum absolute atomic E-state index is 12.0. The second kappa shape index (κ2) is 7.81. The Morgan fingerprint density at radius 3 is 2.60 bits per heavy atom. The van der Waals surface area contributed by atoms with Crippen LogP contribution in [-0.4, -0.2) is 38.4 Å². The van der Waals surface area contributed by atoms with Crippen molar-refractivity contribution in [2.75, 3.05) is 26.8 Å². The lowest BCUT2D eigenvalue weighted by Crippen LogP contribution is -2.44. The topological polar surface area (TPSA) is 47.6 Å². The summed E-state index contributed by atoms with van der Waals surface area (Å²) in [5.74, 6) is -0.329. The largest absolute Gasteiger partial charge is 0.465 e. The van der Waals surface area contributed by atoms with Gasteiger partial charge in [-0.05, 0) is 61.7 Å². The molecule has 0 bridgehead atoms. The second-order valence-electron chi connectivity index (χ2n) is 6.43. The Bertz CT molecular complexity index is 710. The van der Waals surface area contributed by atoms with Gasteiger partial charge in [0.15, 0.2) is 0 Å². The lowest BCUT2D eigenvalue weighted by molar-refractivity contribution is -0.135. The number of carbonyl (C=O) groups is 1. The van der Waals surface area contributed by atoms with Crippen LogP contribution in [0.25, 0.3) is 5.57 Å². The fraction of sp³-hybridized carbons (Fsp3) is 0.381. The zero-order valence-electron chi connectivity index (χ0n) is 14.9. The average Bonchev–Trinajstić information content (AvgIpc) is 2.68. The molecule has 3 rings (SSSR count). The summed E-state index contributed by atoms with van der Waals surface area (Å²) in [4.78, 5) is 12.0. The van der Waals surface area contributed by atoms with Crippen LogP contribution in [0, 0.1) is 0 Å². The molecule has 1 N–H and O–H groups in total. The summed E-state index contributed by atoms with van der Waals surface area (Å²) in [5.41, 5.74) is 3.64. The monoisotopic (exact) mass is 339 g/mol. The Morgan fingerprint density at radius 2 is 1.96 bits per heavy atom. The van der Waals surface area contributed by atoms with Gasteiger partial charge in [-0.3, -0.25) is 0 Å². The van der Waals surface area contributed by atoms with Crippen molar-refractivity contribution in [2.24, 2.45) is 0 Å². The van der Waals surface area contributed by atoms with Gasteiger partial charge in [0.25, 0.3) is 0 Å². The lowest BCUT2D eigenvalue weighted by Gasteiger charge is -2.39. The fourth-order valence-corrected chi connectivity index (χ4v) is 3.41. The van der Waals surface area contributed by atoms with Crippen molar-refractivity contribution in [3.8, 4) is 0 Å². The number of hydrogen-bond donors (Lipinski definition) is 1. The number of rotatable bonds is 3. The van der Waals surface area contributed by atoms with Gasteiger partial charge in [0.1, 0.15) is 0 Å². The number of piperidine rings is 1. The van der Waals surface area contributed by atoms with E-state index in [-0.39, 0.29) is 11.6 Å². The quantitative estimate of drug-likeness (QED) is 0.678. The minimum Gasteiger partial charge on any atom is -0.465 e. The number of carbonyl (C=O) groups excluding carboxylic acids is 1. The number of allylic oxidation sites excluding steroid dienone is 1. The molecule has 2 aliphatic heterocycles. The molecule has 1 aromatic rings. The van der Waals surface area contributed by atoms with Gasteiger partial charge in [-0.25, -0.2) is 4.79 Å². The van der Waals surface area contributed by atoms with Crippen molar-refractivity contribution in [3.63, 3.8) is 0 Å². The van der Waals surface area contributed by atoms with Crippen LogP contribution in [0.15, 0.2) is 59.7 Å². The third-order valence-electron chi connectivity index (χ3n) is 4.87. The van der Waals surface area contributed by atoms with Crippen LogP contribution in [-0.2, 0) is 14.3 Å². The Labute approximate surface area is 149 Å². The van der Waals surface area contributed by atoms with E-state index in [0.29, 0.717) is 12.2 Å². The van der Waals surface area contributed by atoms with Gasteiger partial charge in [0, 0.05) is 0 Å². The summed E-state index contributed by atoms with van der Waals surface area (Å²) in [6.45, 7) is 4.25. The van der Waals surface area contributed by atoms with E-state index < -0.39 is 0 Å². The lowest BCUT2D eigenvalue weighted by atomic mass is 9.83. The molecule has 0 unspecified atom stereocenters. The van der Waals surface area contributed by atoms with Crippen molar-refractivity contribution in [1.82, 2.24) is 5.32 Å². The van der Waals surface area contributed by atoms with Crippen LogP contribution >= 0.6 is 0 Å². The van der Waals surface area contributed by atoms with Gasteiger partial charge in [0.2, 0.25) is 0 Å². The predicted molar refractivity (Wildman–Crippen MR) is 99.1 cm³/mol. The molecule has 0 aromatic heterocycles. The first-order valence-corrected chi connectivity index (χ1v) is 8.76. The molecule has 1 spiro atoms. The first kappa shape index (κ1) is 17.6. The molecule has 1 fully saturated rings. The van der Waals surface area contributed by atoms with E-state index >= 15 is 0 Å². The number of esters is 1. The Morgan fingerprint density at radius 1 is 1.24 bits per heavy atom. The van der Waals surface area contributed by atoms with Gasteiger partial charge in [-0.15, -0.1) is 0 Å². The number of nitrogens with one attached hydrogen (secondary N) is 1. The maximum atomic E-state index is 12.0. The molecule has 4 heteroatoms. The maximum Gasteiger partial charge on any atom is 0.337 e. The molecule has 0 radical (unpaired) electrons. The van der Waals surface area contributed by atoms with Crippen LogP contribution in [0.3, 0.4) is 0 Å². The Kier molecular flexibility index (Phi) is 5.51. The number of methoxy groups -OCH3 is 1. The molecular formula is C21H25NO3. The van der Waals surface area contributed by atoms with E-state index in [1.165, 1.54) is 7.11 Å². The highest BCUT2D eigenvalue weighted by Gasteiger charge is 2.35. The predicted octanol–water partition coefficient (Wildman–Crippen LogP) is 3.27. The first-order valence-electron chi connectivity index (χ1n) is 8.76. The summed E-state index contributed by atoms with van der Waals surface area (Å²) >= 11 is 0. The third kappa shape index (κ3) is 3.91. The highest BCUT2D eigenvalue weighted by molar-refractivity contribution is 5.93. The SMILES string of the molecule is C/C=C(\C=C1/COC2(C=C1c1ccccc1)CCNCC2)C(=O)OC. The van der Waals surface area contributed by atoms with Crippen molar-refractivity contribution in [2.45, 2.75) is 25.4 Å². The van der Waals surface area contributed by atoms with Crippen molar-refractivity contribution >= 4 is 11.5 Å². The van der Waals surface area contributed by atoms with Gasteiger partial charge < -0.3 is 14.8 Å². The fourth-order valence-electron chi connectivity index (χ4n) is 3.41.